The third kappa shape index (κ3) is 3.71. The van der Waals surface area contributed by atoms with Crippen LogP contribution in [0.2, 0.25) is 0 Å². The van der Waals surface area contributed by atoms with Crippen molar-refractivity contribution in [2.45, 2.75) is 13.1 Å². The summed E-state index contributed by atoms with van der Waals surface area (Å²) in [7, 11) is 0. The Labute approximate surface area is 172 Å². The van der Waals surface area contributed by atoms with E-state index in [-0.39, 0.29) is 20.9 Å². The SMILES string of the molecule is CC(=O)c1cccc(NC(=O)c2cc3c(C(F)(F)F)nn(-c4ccccc4)c3s2)c1. The number of Topliss-reactive ketones (excluding diaryl/α,β-unsaturated/α-hetero) is 1. The number of ketones is 1. The van der Waals surface area contributed by atoms with Crippen LogP contribution in [0, 0.1) is 0 Å². The number of carbonyl (C=O) groups is 2. The lowest BCUT2D eigenvalue weighted by molar-refractivity contribution is -0.140. The molecule has 0 bridgehead atoms. The summed E-state index contributed by atoms with van der Waals surface area (Å²) >= 11 is 0.915. The third-order valence-electron chi connectivity index (χ3n) is 4.38. The van der Waals surface area contributed by atoms with E-state index in [1.807, 2.05) is 0 Å². The van der Waals surface area contributed by atoms with E-state index < -0.39 is 17.8 Å². The molecule has 2 heterocycles. The number of alkyl halides is 3. The van der Waals surface area contributed by atoms with Crippen LogP contribution in [0.1, 0.15) is 32.6 Å². The van der Waals surface area contributed by atoms with Gasteiger partial charge in [0, 0.05) is 16.6 Å². The number of nitrogens with zero attached hydrogens (tertiary/aromatic N) is 2. The number of amides is 1. The van der Waals surface area contributed by atoms with Gasteiger partial charge in [0.25, 0.3) is 5.91 Å². The van der Waals surface area contributed by atoms with Crippen LogP contribution in [-0.2, 0) is 6.18 Å². The Morgan fingerprint density at radius 1 is 1.03 bits per heavy atom. The molecular formula is C21H14F3N3O2S. The topological polar surface area (TPSA) is 64.0 Å². The van der Waals surface area contributed by atoms with E-state index in [0.717, 1.165) is 11.3 Å². The van der Waals surface area contributed by atoms with Gasteiger partial charge < -0.3 is 5.32 Å². The Morgan fingerprint density at radius 3 is 2.43 bits per heavy atom. The average Bonchev–Trinajstić information content (AvgIpc) is 3.27. The number of halogens is 3. The highest BCUT2D eigenvalue weighted by atomic mass is 32.1. The van der Waals surface area contributed by atoms with Crippen molar-refractivity contribution in [1.29, 1.82) is 0 Å². The summed E-state index contributed by atoms with van der Waals surface area (Å²) in [4.78, 5) is 24.5. The molecule has 0 saturated heterocycles. The predicted octanol–water partition coefficient (Wildman–Crippen LogP) is 5.56. The van der Waals surface area contributed by atoms with Crippen LogP contribution in [0.3, 0.4) is 0 Å². The fraction of sp³-hybridized carbons (Fsp3) is 0.0952. The first-order valence-corrected chi connectivity index (χ1v) is 9.63. The quantitative estimate of drug-likeness (QED) is 0.432. The van der Waals surface area contributed by atoms with Gasteiger partial charge in [0.2, 0.25) is 0 Å². The molecule has 0 aliphatic rings. The van der Waals surface area contributed by atoms with Crippen LogP contribution >= 0.6 is 11.3 Å². The fourth-order valence-corrected chi connectivity index (χ4v) is 4.01. The Morgan fingerprint density at radius 2 is 1.77 bits per heavy atom. The minimum absolute atomic E-state index is 0.103. The van der Waals surface area contributed by atoms with Gasteiger partial charge in [0.1, 0.15) is 4.83 Å². The molecule has 4 aromatic rings. The number of nitrogens with one attached hydrogen (secondary N) is 1. The van der Waals surface area contributed by atoms with Crippen LogP contribution in [0.4, 0.5) is 18.9 Å². The zero-order chi connectivity index (χ0) is 21.5. The number of rotatable bonds is 4. The van der Waals surface area contributed by atoms with Crippen molar-refractivity contribution < 1.29 is 22.8 Å². The van der Waals surface area contributed by atoms with Crippen molar-refractivity contribution in [3.8, 4) is 5.69 Å². The van der Waals surface area contributed by atoms with E-state index in [4.69, 9.17) is 0 Å². The highest BCUT2D eigenvalue weighted by Crippen LogP contribution is 2.39. The van der Waals surface area contributed by atoms with Crippen LogP contribution in [-0.4, -0.2) is 21.5 Å². The van der Waals surface area contributed by atoms with Gasteiger partial charge in [-0.2, -0.15) is 18.3 Å². The molecule has 9 heteroatoms. The second kappa shape index (κ2) is 7.42. The second-order valence-corrected chi connectivity index (χ2v) is 7.54. The average molecular weight is 429 g/mol. The molecule has 0 spiro atoms. The maximum absolute atomic E-state index is 13.5. The van der Waals surface area contributed by atoms with Gasteiger partial charge in [-0.1, -0.05) is 30.3 Å². The van der Waals surface area contributed by atoms with E-state index in [1.165, 1.54) is 23.7 Å². The van der Waals surface area contributed by atoms with E-state index in [2.05, 4.69) is 10.4 Å². The number of fused-ring (bicyclic) bond motifs is 1. The monoisotopic (exact) mass is 429 g/mol. The maximum atomic E-state index is 13.5. The molecule has 0 unspecified atom stereocenters. The summed E-state index contributed by atoms with van der Waals surface area (Å²) in [6.07, 6.45) is -4.66. The minimum atomic E-state index is -4.66. The molecule has 2 aromatic carbocycles. The van der Waals surface area contributed by atoms with Gasteiger partial charge in [-0.25, -0.2) is 4.68 Å². The standard InChI is InChI=1S/C21H14F3N3O2S/c1-12(28)13-6-5-7-14(10-13)25-19(29)17-11-16-18(21(22,23)24)26-27(20(16)30-17)15-8-3-2-4-9-15/h2-11H,1H3,(H,25,29). The van der Waals surface area contributed by atoms with Gasteiger partial charge >= 0.3 is 6.18 Å². The van der Waals surface area contributed by atoms with Crippen molar-refractivity contribution in [3.63, 3.8) is 0 Å². The van der Waals surface area contributed by atoms with Crippen molar-refractivity contribution in [3.05, 3.63) is 76.8 Å². The molecule has 0 aliphatic carbocycles. The molecule has 1 N–H and O–H groups in total. The van der Waals surface area contributed by atoms with Crippen molar-refractivity contribution in [1.82, 2.24) is 9.78 Å². The number of carbonyl (C=O) groups excluding carboxylic acids is 2. The van der Waals surface area contributed by atoms with Crippen molar-refractivity contribution in [2.75, 3.05) is 5.32 Å². The summed E-state index contributed by atoms with van der Waals surface area (Å²) in [6, 6.07) is 16.0. The fourth-order valence-electron chi connectivity index (χ4n) is 2.98. The molecule has 0 aliphatic heterocycles. The van der Waals surface area contributed by atoms with Gasteiger partial charge in [0.15, 0.2) is 11.5 Å². The molecule has 4 rings (SSSR count). The molecule has 0 atom stereocenters. The van der Waals surface area contributed by atoms with E-state index >= 15 is 0 Å². The summed E-state index contributed by atoms with van der Waals surface area (Å²) < 4.78 is 41.8. The van der Waals surface area contributed by atoms with E-state index in [0.29, 0.717) is 16.9 Å². The van der Waals surface area contributed by atoms with E-state index in [1.54, 1.807) is 48.5 Å². The summed E-state index contributed by atoms with van der Waals surface area (Å²) in [5.74, 6) is -0.727. The number of thiophene rings is 1. The summed E-state index contributed by atoms with van der Waals surface area (Å²) in [5, 5.41) is 6.23. The van der Waals surface area contributed by atoms with Crippen LogP contribution in [0.25, 0.3) is 15.9 Å². The Kier molecular flexibility index (Phi) is 4.90. The molecule has 5 nitrogen and oxygen atoms in total. The van der Waals surface area contributed by atoms with Gasteiger partial charge in [-0.3, -0.25) is 9.59 Å². The molecule has 152 valence electrons. The highest BCUT2D eigenvalue weighted by Gasteiger charge is 2.38. The molecule has 30 heavy (non-hydrogen) atoms. The molecule has 1 amide bonds. The van der Waals surface area contributed by atoms with Crippen LogP contribution in [0.15, 0.2) is 60.7 Å². The van der Waals surface area contributed by atoms with Crippen LogP contribution < -0.4 is 5.32 Å². The van der Waals surface area contributed by atoms with Gasteiger partial charge in [0.05, 0.1) is 10.6 Å². The number of anilines is 1. The minimum Gasteiger partial charge on any atom is -0.321 e. The molecule has 0 radical (unpaired) electrons. The number of hydrogen-bond acceptors (Lipinski definition) is 4. The van der Waals surface area contributed by atoms with Crippen molar-refractivity contribution >= 4 is 38.9 Å². The Hall–Kier alpha value is -3.46. The summed E-state index contributed by atoms with van der Waals surface area (Å²) in [5.41, 5.74) is 0.213. The number of aromatic nitrogens is 2. The molecular weight excluding hydrogens is 415 g/mol. The first-order chi connectivity index (χ1) is 14.2. The second-order valence-electron chi connectivity index (χ2n) is 6.51. The Balaban J connectivity index is 1.75. The summed E-state index contributed by atoms with van der Waals surface area (Å²) in [6.45, 7) is 1.40. The molecule has 0 saturated carbocycles. The van der Waals surface area contributed by atoms with E-state index in [9.17, 15) is 22.8 Å². The smallest absolute Gasteiger partial charge is 0.321 e. The number of benzene rings is 2. The molecule has 2 aromatic heterocycles. The normalized spacial score (nSPS) is 11.6. The number of hydrogen-bond donors (Lipinski definition) is 1. The predicted molar refractivity (Wildman–Crippen MR) is 108 cm³/mol. The van der Waals surface area contributed by atoms with Gasteiger partial charge in [-0.15, -0.1) is 11.3 Å². The van der Waals surface area contributed by atoms with Crippen molar-refractivity contribution in [2.24, 2.45) is 0 Å². The lowest BCUT2D eigenvalue weighted by Crippen LogP contribution is -2.11. The highest BCUT2D eigenvalue weighted by molar-refractivity contribution is 7.20. The van der Waals surface area contributed by atoms with Crippen LogP contribution in [0.5, 0.6) is 0 Å². The van der Waals surface area contributed by atoms with Gasteiger partial charge in [-0.05, 0) is 37.3 Å². The maximum Gasteiger partial charge on any atom is 0.435 e. The zero-order valence-electron chi connectivity index (χ0n) is 15.5. The third-order valence-corrected chi connectivity index (χ3v) is 5.49. The molecule has 0 fully saturated rings. The number of para-hydroxylation sites is 1. The first kappa shape index (κ1) is 19.8. The lowest BCUT2D eigenvalue weighted by Gasteiger charge is -2.06. The first-order valence-electron chi connectivity index (χ1n) is 8.81. The largest absolute Gasteiger partial charge is 0.435 e. The Bertz CT molecular complexity index is 1260. The zero-order valence-corrected chi connectivity index (χ0v) is 16.3. The lowest BCUT2D eigenvalue weighted by atomic mass is 10.1.